The standard InChI is InChI=1S/C21H36N4O3/c1-4-22-21(23-11-5-13-25-14-9-18(26)10-15-25)24-12-8-17-6-7-19(27-2)20(16-17)28-3/h6-7,16,18,26H,4-5,8-15H2,1-3H3,(H2,22,23,24). The lowest BCUT2D eigenvalue weighted by Crippen LogP contribution is -2.39. The van der Waals surface area contributed by atoms with Crippen LogP contribution in [0.1, 0.15) is 31.7 Å². The maximum absolute atomic E-state index is 9.57. The quantitative estimate of drug-likeness (QED) is 0.319. The first-order valence-corrected chi connectivity index (χ1v) is 10.3. The maximum Gasteiger partial charge on any atom is 0.191 e. The molecule has 1 aliphatic rings. The molecule has 0 saturated carbocycles. The van der Waals surface area contributed by atoms with Gasteiger partial charge >= 0.3 is 0 Å². The van der Waals surface area contributed by atoms with E-state index in [-0.39, 0.29) is 6.10 Å². The van der Waals surface area contributed by atoms with Crippen LogP contribution < -0.4 is 20.1 Å². The monoisotopic (exact) mass is 392 g/mol. The average Bonchev–Trinajstić information content (AvgIpc) is 2.72. The number of nitrogens with one attached hydrogen (secondary N) is 2. The summed E-state index contributed by atoms with van der Waals surface area (Å²) in [5.74, 6) is 2.36. The van der Waals surface area contributed by atoms with Crippen LogP contribution in [0.2, 0.25) is 0 Å². The van der Waals surface area contributed by atoms with Gasteiger partial charge in [0.2, 0.25) is 0 Å². The van der Waals surface area contributed by atoms with Crippen LogP contribution in [0.25, 0.3) is 0 Å². The summed E-state index contributed by atoms with van der Waals surface area (Å²) in [4.78, 5) is 7.10. The van der Waals surface area contributed by atoms with E-state index in [2.05, 4.69) is 33.5 Å². The summed E-state index contributed by atoms with van der Waals surface area (Å²) in [6.45, 7) is 7.54. The second-order valence-corrected chi connectivity index (χ2v) is 7.05. The molecule has 28 heavy (non-hydrogen) atoms. The van der Waals surface area contributed by atoms with Crippen LogP contribution in [0.3, 0.4) is 0 Å². The highest BCUT2D eigenvalue weighted by Gasteiger charge is 2.15. The van der Waals surface area contributed by atoms with Crippen LogP contribution in [0.15, 0.2) is 23.2 Å². The van der Waals surface area contributed by atoms with Gasteiger partial charge in [0.05, 0.1) is 20.3 Å². The summed E-state index contributed by atoms with van der Waals surface area (Å²) in [6, 6.07) is 6.01. The number of hydrogen-bond acceptors (Lipinski definition) is 5. The van der Waals surface area contributed by atoms with Gasteiger partial charge in [-0.1, -0.05) is 6.07 Å². The van der Waals surface area contributed by atoms with E-state index in [1.807, 2.05) is 12.1 Å². The SMILES string of the molecule is CCNC(=NCCCN1CCC(O)CC1)NCCc1ccc(OC)c(OC)c1. The van der Waals surface area contributed by atoms with Crippen molar-refractivity contribution in [1.29, 1.82) is 0 Å². The summed E-state index contributed by atoms with van der Waals surface area (Å²) in [5.41, 5.74) is 1.19. The first kappa shape index (κ1) is 22.3. The van der Waals surface area contributed by atoms with E-state index in [1.165, 1.54) is 5.56 Å². The molecule has 0 aliphatic carbocycles. The van der Waals surface area contributed by atoms with E-state index in [0.29, 0.717) is 0 Å². The van der Waals surface area contributed by atoms with Crippen LogP contribution in [-0.4, -0.2) is 75.6 Å². The van der Waals surface area contributed by atoms with Crippen molar-refractivity contribution in [2.45, 2.75) is 38.7 Å². The van der Waals surface area contributed by atoms with E-state index in [0.717, 1.165) is 82.4 Å². The van der Waals surface area contributed by atoms with Gasteiger partial charge in [-0.05, 0) is 56.8 Å². The van der Waals surface area contributed by atoms with E-state index in [1.54, 1.807) is 14.2 Å². The second kappa shape index (κ2) is 12.5. The molecule has 2 rings (SSSR count). The van der Waals surface area contributed by atoms with E-state index in [9.17, 15) is 5.11 Å². The van der Waals surface area contributed by atoms with Crippen molar-refractivity contribution in [1.82, 2.24) is 15.5 Å². The molecule has 0 radical (unpaired) electrons. The Hall–Kier alpha value is -1.99. The highest BCUT2D eigenvalue weighted by Crippen LogP contribution is 2.27. The molecule has 3 N–H and O–H groups in total. The molecule has 7 heteroatoms. The minimum Gasteiger partial charge on any atom is -0.493 e. The number of likely N-dealkylation sites (tertiary alicyclic amines) is 1. The number of piperidine rings is 1. The number of hydrogen-bond donors (Lipinski definition) is 3. The summed E-state index contributed by atoms with van der Waals surface area (Å²) in [7, 11) is 3.30. The van der Waals surface area contributed by atoms with Crippen molar-refractivity contribution in [3.05, 3.63) is 23.8 Å². The van der Waals surface area contributed by atoms with E-state index >= 15 is 0 Å². The van der Waals surface area contributed by atoms with Gasteiger partial charge in [-0.15, -0.1) is 0 Å². The number of aliphatic hydroxyl groups excluding tert-OH is 1. The lowest BCUT2D eigenvalue weighted by molar-refractivity contribution is 0.0824. The van der Waals surface area contributed by atoms with Crippen LogP contribution in [0.4, 0.5) is 0 Å². The van der Waals surface area contributed by atoms with E-state index in [4.69, 9.17) is 9.47 Å². The third-order valence-corrected chi connectivity index (χ3v) is 4.96. The number of benzene rings is 1. The minimum atomic E-state index is -0.107. The number of ether oxygens (including phenoxy) is 2. The smallest absolute Gasteiger partial charge is 0.191 e. The predicted octanol–water partition coefficient (Wildman–Crippen LogP) is 1.65. The molecule has 158 valence electrons. The van der Waals surface area contributed by atoms with Gasteiger partial charge in [0.15, 0.2) is 17.5 Å². The van der Waals surface area contributed by atoms with Crippen molar-refractivity contribution in [2.24, 2.45) is 4.99 Å². The Kier molecular flexibility index (Phi) is 9.93. The molecule has 0 atom stereocenters. The highest BCUT2D eigenvalue weighted by atomic mass is 16.5. The summed E-state index contributed by atoms with van der Waals surface area (Å²) in [5, 5.41) is 16.3. The van der Waals surface area contributed by atoms with Crippen molar-refractivity contribution in [2.75, 3.05) is 53.5 Å². The number of aliphatic hydroxyl groups is 1. The van der Waals surface area contributed by atoms with Crippen LogP contribution in [0, 0.1) is 0 Å². The van der Waals surface area contributed by atoms with Crippen molar-refractivity contribution in [3.63, 3.8) is 0 Å². The fourth-order valence-corrected chi connectivity index (χ4v) is 3.33. The van der Waals surface area contributed by atoms with Crippen LogP contribution >= 0.6 is 0 Å². The third kappa shape index (κ3) is 7.56. The molecule has 0 aromatic heterocycles. The normalized spacial score (nSPS) is 16.1. The maximum atomic E-state index is 9.57. The van der Waals surface area contributed by atoms with Gasteiger partial charge in [0, 0.05) is 32.7 Å². The average molecular weight is 393 g/mol. The number of aliphatic imine (C=N–C) groups is 1. The van der Waals surface area contributed by atoms with Gasteiger partial charge < -0.3 is 30.1 Å². The largest absolute Gasteiger partial charge is 0.493 e. The third-order valence-electron chi connectivity index (χ3n) is 4.96. The zero-order chi connectivity index (χ0) is 20.2. The molecule has 0 spiro atoms. The summed E-state index contributed by atoms with van der Waals surface area (Å²) >= 11 is 0. The molecule has 1 fully saturated rings. The molecular weight excluding hydrogens is 356 g/mol. The molecular formula is C21H36N4O3. The van der Waals surface area contributed by atoms with Crippen LogP contribution in [-0.2, 0) is 6.42 Å². The lowest BCUT2D eigenvalue weighted by Gasteiger charge is -2.29. The minimum absolute atomic E-state index is 0.107. The molecule has 7 nitrogen and oxygen atoms in total. The molecule has 0 unspecified atom stereocenters. The zero-order valence-electron chi connectivity index (χ0n) is 17.5. The van der Waals surface area contributed by atoms with Crippen LogP contribution in [0.5, 0.6) is 11.5 Å². The molecule has 0 amide bonds. The van der Waals surface area contributed by atoms with Crippen molar-refractivity contribution in [3.8, 4) is 11.5 Å². The van der Waals surface area contributed by atoms with Gasteiger partial charge in [-0.3, -0.25) is 4.99 Å². The summed E-state index contributed by atoms with van der Waals surface area (Å²) < 4.78 is 10.6. The Morgan fingerprint density at radius 2 is 1.93 bits per heavy atom. The fourth-order valence-electron chi connectivity index (χ4n) is 3.33. The van der Waals surface area contributed by atoms with Gasteiger partial charge in [0.1, 0.15) is 0 Å². The number of rotatable bonds is 10. The molecule has 0 bridgehead atoms. The number of nitrogens with zero attached hydrogens (tertiary/aromatic N) is 2. The Labute approximate surface area is 169 Å². The topological polar surface area (TPSA) is 78.4 Å². The highest BCUT2D eigenvalue weighted by molar-refractivity contribution is 5.79. The molecule has 1 aliphatic heterocycles. The predicted molar refractivity (Wildman–Crippen MR) is 114 cm³/mol. The van der Waals surface area contributed by atoms with E-state index < -0.39 is 0 Å². The number of guanidine groups is 1. The molecule has 1 saturated heterocycles. The zero-order valence-corrected chi connectivity index (χ0v) is 17.5. The van der Waals surface area contributed by atoms with Gasteiger partial charge in [0.25, 0.3) is 0 Å². The summed E-state index contributed by atoms with van der Waals surface area (Å²) in [6.07, 6.45) is 3.58. The molecule has 1 aromatic rings. The first-order valence-electron chi connectivity index (χ1n) is 10.3. The Morgan fingerprint density at radius 3 is 2.61 bits per heavy atom. The van der Waals surface area contributed by atoms with Gasteiger partial charge in [-0.2, -0.15) is 0 Å². The fraction of sp³-hybridized carbons (Fsp3) is 0.667. The first-order chi connectivity index (χ1) is 13.7. The Bertz CT molecular complexity index is 601. The second-order valence-electron chi connectivity index (χ2n) is 7.05. The lowest BCUT2D eigenvalue weighted by atomic mass is 10.1. The number of methoxy groups -OCH3 is 2. The van der Waals surface area contributed by atoms with Gasteiger partial charge in [-0.25, -0.2) is 0 Å². The van der Waals surface area contributed by atoms with Crippen molar-refractivity contribution < 1.29 is 14.6 Å². The molecule has 1 aromatic carbocycles. The Balaban J connectivity index is 1.73. The van der Waals surface area contributed by atoms with Crippen molar-refractivity contribution >= 4 is 5.96 Å². The Morgan fingerprint density at radius 1 is 1.18 bits per heavy atom. The molecule has 1 heterocycles.